The Morgan fingerprint density at radius 3 is 2.68 bits per heavy atom. The van der Waals surface area contributed by atoms with Crippen LogP contribution in [-0.4, -0.2) is 31.6 Å². The van der Waals surface area contributed by atoms with E-state index in [0.29, 0.717) is 28.8 Å². The monoisotopic (exact) mass is 414 g/mol. The fourth-order valence-electron chi connectivity index (χ4n) is 3.83. The number of hydrogen-bond acceptors (Lipinski definition) is 5. The van der Waals surface area contributed by atoms with Crippen LogP contribution in [0.2, 0.25) is 0 Å². The van der Waals surface area contributed by atoms with Crippen LogP contribution in [-0.2, 0) is 0 Å². The maximum atomic E-state index is 14.1. The Morgan fingerprint density at radius 2 is 1.90 bits per heavy atom. The van der Waals surface area contributed by atoms with Crippen molar-refractivity contribution >= 4 is 33.6 Å². The number of aromatic nitrogens is 5. The lowest BCUT2D eigenvalue weighted by Gasteiger charge is -2.12. The number of imidazole rings is 1. The predicted octanol–water partition coefficient (Wildman–Crippen LogP) is 5.07. The smallest absolute Gasteiger partial charge is 0.239 e. The van der Waals surface area contributed by atoms with Crippen molar-refractivity contribution < 1.29 is 9.13 Å². The highest BCUT2D eigenvalue weighted by molar-refractivity contribution is 5.90. The molecule has 1 fully saturated rings. The van der Waals surface area contributed by atoms with Crippen LogP contribution in [0.5, 0.6) is 5.75 Å². The highest BCUT2D eigenvalue weighted by Gasteiger charge is 2.31. The summed E-state index contributed by atoms with van der Waals surface area (Å²) >= 11 is 0. The molecule has 7 nitrogen and oxygen atoms in total. The molecule has 5 aromatic rings. The summed E-state index contributed by atoms with van der Waals surface area (Å²) in [7, 11) is 1.64. The Labute approximate surface area is 176 Å². The number of ether oxygens (including phenoxy) is 1. The minimum absolute atomic E-state index is 0.312. The van der Waals surface area contributed by atoms with Crippen LogP contribution in [0.3, 0.4) is 0 Å². The van der Waals surface area contributed by atoms with E-state index in [1.165, 1.54) is 12.1 Å². The lowest BCUT2D eigenvalue weighted by Crippen LogP contribution is -2.07. The van der Waals surface area contributed by atoms with Crippen LogP contribution >= 0.6 is 0 Å². The third kappa shape index (κ3) is 3.07. The molecule has 0 atom stereocenters. The number of methoxy groups -OCH3 is 1. The SMILES string of the molecule is COc1ccc(Nc2nc(-n3c(C4CC4)nc4ccc(F)cc43)nc3[nH]ccc23)cc1. The molecule has 0 radical (unpaired) electrons. The lowest BCUT2D eigenvalue weighted by molar-refractivity contribution is 0.415. The van der Waals surface area contributed by atoms with Gasteiger partial charge < -0.3 is 15.0 Å². The molecule has 6 rings (SSSR count). The van der Waals surface area contributed by atoms with E-state index in [2.05, 4.69) is 10.3 Å². The summed E-state index contributed by atoms with van der Waals surface area (Å²) in [4.78, 5) is 17.5. The molecule has 2 aromatic carbocycles. The fourth-order valence-corrected chi connectivity index (χ4v) is 3.83. The third-order valence-electron chi connectivity index (χ3n) is 5.54. The molecule has 3 heterocycles. The van der Waals surface area contributed by atoms with Gasteiger partial charge in [0.15, 0.2) is 0 Å². The minimum Gasteiger partial charge on any atom is -0.497 e. The predicted molar refractivity (Wildman–Crippen MR) is 117 cm³/mol. The van der Waals surface area contributed by atoms with E-state index in [0.717, 1.165) is 41.0 Å². The Bertz CT molecular complexity index is 1420. The second kappa shape index (κ2) is 6.80. The average Bonchev–Trinajstić information content (AvgIpc) is 3.40. The van der Waals surface area contributed by atoms with Gasteiger partial charge in [0.2, 0.25) is 5.95 Å². The number of benzene rings is 2. The van der Waals surface area contributed by atoms with Crippen LogP contribution in [0.25, 0.3) is 28.0 Å². The first-order valence-electron chi connectivity index (χ1n) is 10.1. The average molecular weight is 414 g/mol. The van der Waals surface area contributed by atoms with Gasteiger partial charge in [-0.2, -0.15) is 9.97 Å². The largest absolute Gasteiger partial charge is 0.497 e. The zero-order valence-electron chi connectivity index (χ0n) is 16.8. The highest BCUT2D eigenvalue weighted by atomic mass is 19.1. The van der Waals surface area contributed by atoms with Gasteiger partial charge in [-0.15, -0.1) is 0 Å². The maximum Gasteiger partial charge on any atom is 0.239 e. The van der Waals surface area contributed by atoms with Gasteiger partial charge in [0.1, 0.15) is 28.9 Å². The number of aromatic amines is 1. The summed E-state index contributed by atoms with van der Waals surface area (Å²) in [6, 6.07) is 14.2. The summed E-state index contributed by atoms with van der Waals surface area (Å²) in [5.74, 6) is 2.81. The number of H-pyrrole nitrogens is 1. The lowest BCUT2D eigenvalue weighted by atomic mass is 10.3. The van der Waals surface area contributed by atoms with Gasteiger partial charge in [-0.05, 0) is 55.3 Å². The van der Waals surface area contributed by atoms with E-state index >= 15 is 0 Å². The van der Waals surface area contributed by atoms with Crippen molar-refractivity contribution in [3.05, 3.63) is 66.4 Å². The van der Waals surface area contributed by atoms with Crippen LogP contribution in [0.4, 0.5) is 15.9 Å². The van der Waals surface area contributed by atoms with Gasteiger partial charge in [-0.3, -0.25) is 4.57 Å². The van der Waals surface area contributed by atoms with E-state index in [-0.39, 0.29) is 5.82 Å². The van der Waals surface area contributed by atoms with Crippen molar-refractivity contribution in [2.45, 2.75) is 18.8 Å². The number of nitrogens with one attached hydrogen (secondary N) is 2. The minimum atomic E-state index is -0.312. The van der Waals surface area contributed by atoms with Gasteiger partial charge in [-0.1, -0.05) is 0 Å². The van der Waals surface area contributed by atoms with E-state index in [1.807, 2.05) is 41.1 Å². The van der Waals surface area contributed by atoms with E-state index < -0.39 is 0 Å². The van der Waals surface area contributed by atoms with E-state index in [4.69, 9.17) is 19.7 Å². The normalized spacial score (nSPS) is 13.7. The van der Waals surface area contributed by atoms with Crippen molar-refractivity contribution in [1.29, 1.82) is 0 Å². The molecule has 1 aliphatic carbocycles. The van der Waals surface area contributed by atoms with Crippen molar-refractivity contribution in [3.8, 4) is 11.7 Å². The molecule has 3 aromatic heterocycles. The fraction of sp³-hybridized carbons (Fsp3) is 0.174. The van der Waals surface area contributed by atoms with Crippen molar-refractivity contribution in [3.63, 3.8) is 0 Å². The summed E-state index contributed by atoms with van der Waals surface area (Å²) in [6.07, 6.45) is 3.96. The van der Waals surface area contributed by atoms with Gasteiger partial charge >= 0.3 is 0 Å². The number of hydrogen-bond donors (Lipinski definition) is 2. The van der Waals surface area contributed by atoms with Crippen LogP contribution in [0.1, 0.15) is 24.6 Å². The molecule has 0 amide bonds. The van der Waals surface area contributed by atoms with Crippen molar-refractivity contribution in [2.75, 3.05) is 12.4 Å². The molecule has 0 saturated heterocycles. The van der Waals surface area contributed by atoms with E-state index in [1.54, 1.807) is 13.2 Å². The first kappa shape index (κ1) is 17.9. The standard InChI is InChI=1S/C23H19FN6O/c1-31-16-7-5-15(6-8-16)26-21-17-10-11-25-20(17)28-23(29-21)30-19-12-14(24)4-9-18(19)27-22(30)13-2-3-13/h4-13H,2-3H2,1H3,(H2,25,26,28,29). The van der Waals surface area contributed by atoms with Crippen LogP contribution in [0.15, 0.2) is 54.7 Å². The first-order chi connectivity index (χ1) is 15.2. The first-order valence-corrected chi connectivity index (χ1v) is 10.1. The molecule has 154 valence electrons. The molecule has 31 heavy (non-hydrogen) atoms. The van der Waals surface area contributed by atoms with Crippen molar-refractivity contribution in [2.24, 2.45) is 0 Å². The molecule has 1 aliphatic rings. The zero-order chi connectivity index (χ0) is 20.9. The second-order valence-electron chi connectivity index (χ2n) is 7.68. The Morgan fingerprint density at radius 1 is 1.06 bits per heavy atom. The number of nitrogens with zero attached hydrogens (tertiary/aromatic N) is 4. The van der Waals surface area contributed by atoms with Gasteiger partial charge in [-0.25, -0.2) is 9.37 Å². The molecule has 1 saturated carbocycles. The molecule has 2 N–H and O–H groups in total. The van der Waals surface area contributed by atoms with Gasteiger partial charge in [0.25, 0.3) is 0 Å². The number of anilines is 2. The van der Waals surface area contributed by atoms with Gasteiger partial charge in [0.05, 0.1) is 23.5 Å². The summed E-state index contributed by atoms with van der Waals surface area (Å²) in [6.45, 7) is 0. The molecule has 0 unspecified atom stereocenters. The molecule has 0 aliphatic heterocycles. The Balaban J connectivity index is 1.53. The number of fused-ring (bicyclic) bond motifs is 2. The van der Waals surface area contributed by atoms with E-state index in [9.17, 15) is 4.39 Å². The topological polar surface area (TPSA) is 80.7 Å². The summed E-state index contributed by atoms with van der Waals surface area (Å²) in [5.41, 5.74) is 2.98. The Kier molecular flexibility index (Phi) is 3.92. The summed E-state index contributed by atoms with van der Waals surface area (Å²) < 4.78 is 21.2. The highest BCUT2D eigenvalue weighted by Crippen LogP contribution is 2.41. The molecule has 0 spiro atoms. The zero-order valence-corrected chi connectivity index (χ0v) is 16.8. The quantitative estimate of drug-likeness (QED) is 0.420. The number of halogens is 1. The second-order valence-corrected chi connectivity index (χ2v) is 7.68. The number of rotatable bonds is 5. The van der Waals surface area contributed by atoms with Crippen LogP contribution in [0, 0.1) is 5.82 Å². The third-order valence-corrected chi connectivity index (χ3v) is 5.54. The molecular formula is C23H19FN6O. The Hall–Kier alpha value is -3.94. The molecule has 0 bridgehead atoms. The van der Waals surface area contributed by atoms with Crippen LogP contribution < -0.4 is 10.1 Å². The maximum absolute atomic E-state index is 14.1. The molecular weight excluding hydrogens is 395 g/mol. The van der Waals surface area contributed by atoms with Crippen molar-refractivity contribution in [1.82, 2.24) is 24.5 Å². The molecule has 8 heteroatoms. The van der Waals surface area contributed by atoms with Gasteiger partial charge in [0, 0.05) is 23.9 Å². The summed E-state index contributed by atoms with van der Waals surface area (Å²) in [5, 5.41) is 4.24.